The third-order valence-electron chi connectivity index (χ3n) is 2.72. The van der Waals surface area contributed by atoms with Crippen molar-refractivity contribution in [3.63, 3.8) is 0 Å². The molecule has 0 aromatic heterocycles. The van der Waals surface area contributed by atoms with E-state index in [1.54, 1.807) is 7.11 Å². The normalized spacial score (nSPS) is 14.6. The number of hydrogen-bond donors (Lipinski definition) is 2. The minimum atomic E-state index is -0.779. The SMILES string of the molecule is COc1ccc(Br)c(CC(C)(O)CNC(C)C)c1. The molecule has 0 bridgehead atoms. The van der Waals surface area contributed by atoms with Crippen LogP contribution in [0.5, 0.6) is 5.75 Å². The molecule has 0 amide bonds. The Balaban J connectivity index is 2.76. The lowest BCUT2D eigenvalue weighted by Crippen LogP contribution is -2.42. The number of aliphatic hydroxyl groups is 1. The summed E-state index contributed by atoms with van der Waals surface area (Å²) in [5, 5.41) is 13.6. The Morgan fingerprint density at radius 2 is 2.11 bits per heavy atom. The molecular formula is C14H22BrNO2. The largest absolute Gasteiger partial charge is 0.497 e. The van der Waals surface area contributed by atoms with Crippen LogP contribution in [0.4, 0.5) is 0 Å². The molecule has 1 aromatic carbocycles. The van der Waals surface area contributed by atoms with Crippen molar-refractivity contribution in [3.8, 4) is 5.75 Å². The molecule has 102 valence electrons. The maximum atomic E-state index is 10.4. The number of halogens is 1. The molecule has 0 aliphatic heterocycles. The molecule has 0 spiro atoms. The zero-order valence-electron chi connectivity index (χ0n) is 11.5. The molecule has 18 heavy (non-hydrogen) atoms. The van der Waals surface area contributed by atoms with Gasteiger partial charge in [0.25, 0.3) is 0 Å². The predicted octanol–water partition coefficient (Wildman–Crippen LogP) is 2.75. The van der Waals surface area contributed by atoms with Crippen molar-refractivity contribution in [3.05, 3.63) is 28.2 Å². The number of methoxy groups -OCH3 is 1. The minimum absolute atomic E-state index is 0.366. The van der Waals surface area contributed by atoms with Gasteiger partial charge in [-0.3, -0.25) is 0 Å². The van der Waals surface area contributed by atoms with E-state index in [-0.39, 0.29) is 0 Å². The molecule has 0 radical (unpaired) electrons. The summed E-state index contributed by atoms with van der Waals surface area (Å²) in [5.41, 5.74) is 0.268. The molecule has 0 heterocycles. The maximum absolute atomic E-state index is 10.4. The highest BCUT2D eigenvalue weighted by Crippen LogP contribution is 2.26. The Morgan fingerprint density at radius 1 is 1.44 bits per heavy atom. The first-order valence-electron chi connectivity index (χ1n) is 6.12. The van der Waals surface area contributed by atoms with Gasteiger partial charge in [-0.25, -0.2) is 0 Å². The second-order valence-electron chi connectivity index (χ2n) is 5.17. The van der Waals surface area contributed by atoms with Crippen molar-refractivity contribution < 1.29 is 9.84 Å². The van der Waals surface area contributed by atoms with Crippen molar-refractivity contribution in [1.82, 2.24) is 5.32 Å². The van der Waals surface area contributed by atoms with Crippen LogP contribution in [-0.4, -0.2) is 30.4 Å². The molecule has 1 unspecified atom stereocenters. The van der Waals surface area contributed by atoms with E-state index < -0.39 is 5.60 Å². The van der Waals surface area contributed by atoms with Gasteiger partial charge in [0.2, 0.25) is 0 Å². The summed E-state index contributed by atoms with van der Waals surface area (Å²) in [4.78, 5) is 0. The monoisotopic (exact) mass is 315 g/mol. The van der Waals surface area contributed by atoms with Crippen LogP contribution in [0.25, 0.3) is 0 Å². The van der Waals surface area contributed by atoms with Gasteiger partial charge in [0.1, 0.15) is 5.75 Å². The van der Waals surface area contributed by atoms with Crippen LogP contribution in [-0.2, 0) is 6.42 Å². The van der Waals surface area contributed by atoms with Crippen LogP contribution in [0.2, 0.25) is 0 Å². The highest BCUT2D eigenvalue weighted by Gasteiger charge is 2.22. The maximum Gasteiger partial charge on any atom is 0.119 e. The van der Waals surface area contributed by atoms with Crippen molar-refractivity contribution in [1.29, 1.82) is 0 Å². The Morgan fingerprint density at radius 3 is 2.67 bits per heavy atom. The van der Waals surface area contributed by atoms with Crippen molar-refractivity contribution in [2.24, 2.45) is 0 Å². The molecule has 0 aliphatic carbocycles. The van der Waals surface area contributed by atoms with Gasteiger partial charge in [0.05, 0.1) is 12.7 Å². The Hall–Kier alpha value is -0.580. The topological polar surface area (TPSA) is 41.5 Å². The molecule has 0 aliphatic rings. The van der Waals surface area contributed by atoms with E-state index in [1.165, 1.54) is 0 Å². The molecule has 1 aromatic rings. The van der Waals surface area contributed by atoms with E-state index in [4.69, 9.17) is 4.74 Å². The van der Waals surface area contributed by atoms with Gasteiger partial charge < -0.3 is 15.2 Å². The standard InChI is InChI=1S/C14H22BrNO2/c1-10(2)16-9-14(3,17)8-11-7-12(18-4)5-6-13(11)15/h5-7,10,16-17H,8-9H2,1-4H3. The zero-order chi connectivity index (χ0) is 13.8. The molecule has 4 heteroatoms. The molecule has 1 atom stereocenters. The van der Waals surface area contributed by atoms with Gasteiger partial charge in [-0.05, 0) is 30.7 Å². The number of nitrogens with one attached hydrogen (secondary N) is 1. The quantitative estimate of drug-likeness (QED) is 0.848. The van der Waals surface area contributed by atoms with Crippen LogP contribution >= 0.6 is 15.9 Å². The molecule has 3 nitrogen and oxygen atoms in total. The first-order chi connectivity index (χ1) is 8.34. The van der Waals surface area contributed by atoms with Crippen LogP contribution in [0, 0.1) is 0 Å². The fourth-order valence-electron chi connectivity index (χ4n) is 1.71. The van der Waals surface area contributed by atoms with Gasteiger partial charge in [-0.2, -0.15) is 0 Å². The number of benzene rings is 1. The Bertz CT molecular complexity index is 391. The summed E-state index contributed by atoms with van der Waals surface area (Å²) in [6.07, 6.45) is 0.574. The average Bonchev–Trinajstić information content (AvgIpc) is 2.29. The third kappa shape index (κ3) is 4.96. The summed E-state index contributed by atoms with van der Waals surface area (Å²) in [6, 6.07) is 6.16. The molecule has 0 saturated carbocycles. The van der Waals surface area contributed by atoms with Crippen molar-refractivity contribution in [2.75, 3.05) is 13.7 Å². The van der Waals surface area contributed by atoms with E-state index in [2.05, 4.69) is 35.1 Å². The number of hydrogen-bond acceptors (Lipinski definition) is 3. The van der Waals surface area contributed by atoms with Gasteiger partial charge in [-0.15, -0.1) is 0 Å². The van der Waals surface area contributed by atoms with Gasteiger partial charge in [0.15, 0.2) is 0 Å². The summed E-state index contributed by atoms with van der Waals surface area (Å²) < 4.78 is 6.20. The smallest absolute Gasteiger partial charge is 0.119 e. The van der Waals surface area contributed by atoms with E-state index in [0.29, 0.717) is 19.0 Å². The highest BCUT2D eigenvalue weighted by molar-refractivity contribution is 9.10. The highest BCUT2D eigenvalue weighted by atomic mass is 79.9. The fraction of sp³-hybridized carbons (Fsp3) is 0.571. The van der Waals surface area contributed by atoms with Crippen LogP contribution in [0.1, 0.15) is 26.3 Å². The summed E-state index contributed by atoms with van der Waals surface area (Å²) >= 11 is 3.51. The van der Waals surface area contributed by atoms with Gasteiger partial charge in [-0.1, -0.05) is 29.8 Å². The van der Waals surface area contributed by atoms with Gasteiger partial charge in [0, 0.05) is 23.5 Å². The van der Waals surface area contributed by atoms with E-state index in [0.717, 1.165) is 15.8 Å². The fourth-order valence-corrected chi connectivity index (χ4v) is 2.10. The first kappa shape index (κ1) is 15.5. The molecule has 2 N–H and O–H groups in total. The Labute approximate surface area is 118 Å². The predicted molar refractivity (Wildman–Crippen MR) is 78.2 cm³/mol. The Kier molecular flexibility index (Phi) is 5.63. The van der Waals surface area contributed by atoms with Gasteiger partial charge >= 0.3 is 0 Å². The molecule has 0 saturated heterocycles. The molecular weight excluding hydrogens is 294 g/mol. The summed E-state index contributed by atoms with van der Waals surface area (Å²) in [5.74, 6) is 0.806. The van der Waals surface area contributed by atoms with E-state index in [9.17, 15) is 5.11 Å². The van der Waals surface area contributed by atoms with Crippen molar-refractivity contribution in [2.45, 2.75) is 38.8 Å². The second kappa shape index (κ2) is 6.55. The number of rotatable bonds is 6. The van der Waals surface area contributed by atoms with Crippen LogP contribution < -0.4 is 10.1 Å². The minimum Gasteiger partial charge on any atom is -0.497 e. The lowest BCUT2D eigenvalue weighted by Gasteiger charge is -2.26. The second-order valence-corrected chi connectivity index (χ2v) is 6.02. The van der Waals surface area contributed by atoms with Crippen LogP contribution in [0.15, 0.2) is 22.7 Å². The molecule has 1 rings (SSSR count). The van der Waals surface area contributed by atoms with E-state index in [1.807, 2.05) is 25.1 Å². The average molecular weight is 316 g/mol. The van der Waals surface area contributed by atoms with Crippen LogP contribution in [0.3, 0.4) is 0 Å². The number of ether oxygens (including phenoxy) is 1. The third-order valence-corrected chi connectivity index (χ3v) is 3.49. The molecule has 0 fully saturated rings. The van der Waals surface area contributed by atoms with E-state index >= 15 is 0 Å². The lowest BCUT2D eigenvalue weighted by molar-refractivity contribution is 0.0579. The summed E-state index contributed by atoms with van der Waals surface area (Å²) in [7, 11) is 1.64. The zero-order valence-corrected chi connectivity index (χ0v) is 13.0. The summed E-state index contributed by atoms with van der Waals surface area (Å²) in [6.45, 7) is 6.54. The van der Waals surface area contributed by atoms with Crippen molar-refractivity contribution >= 4 is 15.9 Å². The first-order valence-corrected chi connectivity index (χ1v) is 6.91. The lowest BCUT2D eigenvalue weighted by atomic mass is 9.96.